The number of nitro groups is 1. The van der Waals surface area contributed by atoms with Crippen molar-refractivity contribution in [3.8, 4) is 0 Å². The minimum Gasteiger partial charge on any atom is -0.394 e. The van der Waals surface area contributed by atoms with E-state index in [9.17, 15) is 15.2 Å². The van der Waals surface area contributed by atoms with Crippen LogP contribution < -0.4 is 0 Å². The molecule has 1 fully saturated rings. The third-order valence-electron chi connectivity index (χ3n) is 3.82. The second-order valence-electron chi connectivity index (χ2n) is 5.07. The van der Waals surface area contributed by atoms with Crippen LogP contribution in [0.3, 0.4) is 0 Å². The highest BCUT2D eigenvalue weighted by molar-refractivity contribution is 5.85. The van der Waals surface area contributed by atoms with Crippen molar-refractivity contribution in [2.75, 3.05) is 6.61 Å². The molecule has 0 spiro atoms. The summed E-state index contributed by atoms with van der Waals surface area (Å²) in [4.78, 5) is 14.8. The molecule has 3 atom stereocenters. The Labute approximate surface area is 114 Å². The normalized spacial score (nSPS) is 26.2. The lowest BCUT2D eigenvalue weighted by Gasteiger charge is -2.14. The molecule has 7 nitrogen and oxygen atoms in total. The van der Waals surface area contributed by atoms with Crippen molar-refractivity contribution in [2.45, 2.75) is 25.7 Å². The van der Waals surface area contributed by atoms with Crippen molar-refractivity contribution < 1.29 is 14.8 Å². The van der Waals surface area contributed by atoms with Crippen LogP contribution in [0.1, 0.15) is 19.6 Å². The second-order valence-corrected chi connectivity index (χ2v) is 5.07. The van der Waals surface area contributed by atoms with Crippen molar-refractivity contribution in [1.82, 2.24) is 9.55 Å². The van der Waals surface area contributed by atoms with E-state index in [4.69, 9.17) is 4.74 Å². The molecule has 7 heteroatoms. The molecule has 0 radical (unpaired) electrons. The van der Waals surface area contributed by atoms with Crippen LogP contribution in [0.15, 0.2) is 24.5 Å². The first-order chi connectivity index (χ1) is 9.61. The van der Waals surface area contributed by atoms with Gasteiger partial charge in [0.15, 0.2) is 0 Å². The number of hydrogen-bond acceptors (Lipinski definition) is 5. The van der Waals surface area contributed by atoms with E-state index in [1.165, 1.54) is 12.3 Å². The molecular formula is C13H15N3O4. The summed E-state index contributed by atoms with van der Waals surface area (Å²) in [5.41, 5.74) is 0.577. The summed E-state index contributed by atoms with van der Waals surface area (Å²) in [5.74, 6) is 0.237. The van der Waals surface area contributed by atoms with Gasteiger partial charge in [-0.05, 0) is 18.4 Å². The highest BCUT2D eigenvalue weighted by Crippen LogP contribution is 2.36. The van der Waals surface area contributed by atoms with Crippen LogP contribution in [-0.4, -0.2) is 32.3 Å². The van der Waals surface area contributed by atoms with Gasteiger partial charge in [0, 0.05) is 18.5 Å². The average Bonchev–Trinajstić information content (AvgIpc) is 3.01. The molecule has 2 unspecified atom stereocenters. The predicted molar refractivity (Wildman–Crippen MR) is 71.2 cm³/mol. The van der Waals surface area contributed by atoms with Crippen LogP contribution >= 0.6 is 0 Å². The van der Waals surface area contributed by atoms with Gasteiger partial charge in [-0.3, -0.25) is 10.1 Å². The molecule has 2 aromatic rings. The zero-order chi connectivity index (χ0) is 14.3. The minimum atomic E-state index is -0.414. The Morgan fingerprint density at radius 3 is 3.05 bits per heavy atom. The molecule has 20 heavy (non-hydrogen) atoms. The van der Waals surface area contributed by atoms with E-state index in [0.717, 1.165) is 6.42 Å². The third-order valence-corrected chi connectivity index (χ3v) is 3.82. The maximum Gasteiger partial charge on any atom is 0.281 e. The Morgan fingerprint density at radius 2 is 2.40 bits per heavy atom. The van der Waals surface area contributed by atoms with E-state index in [2.05, 4.69) is 4.98 Å². The zero-order valence-corrected chi connectivity index (χ0v) is 11.0. The van der Waals surface area contributed by atoms with Gasteiger partial charge >= 0.3 is 0 Å². The lowest BCUT2D eigenvalue weighted by atomic mass is 10.0. The third kappa shape index (κ3) is 1.95. The number of aliphatic hydroxyl groups excluding tert-OH is 1. The van der Waals surface area contributed by atoms with E-state index in [0.29, 0.717) is 11.0 Å². The maximum absolute atomic E-state index is 11.0. The molecule has 1 N–H and O–H groups in total. The number of hydrogen-bond donors (Lipinski definition) is 1. The van der Waals surface area contributed by atoms with Crippen LogP contribution in [0.25, 0.3) is 11.0 Å². The summed E-state index contributed by atoms with van der Waals surface area (Å²) in [7, 11) is 0. The fourth-order valence-corrected chi connectivity index (χ4v) is 2.70. The first kappa shape index (κ1) is 13.0. The van der Waals surface area contributed by atoms with Gasteiger partial charge in [-0.15, -0.1) is 0 Å². The molecule has 1 saturated heterocycles. The number of rotatable bonds is 3. The van der Waals surface area contributed by atoms with Crippen molar-refractivity contribution >= 4 is 16.7 Å². The Hall–Kier alpha value is -1.99. The highest BCUT2D eigenvalue weighted by Gasteiger charge is 2.33. The molecular weight excluding hydrogens is 262 g/mol. The van der Waals surface area contributed by atoms with E-state index in [1.807, 2.05) is 6.92 Å². The van der Waals surface area contributed by atoms with Crippen LogP contribution in [0, 0.1) is 16.0 Å². The average molecular weight is 277 g/mol. The van der Waals surface area contributed by atoms with Gasteiger partial charge < -0.3 is 14.4 Å². The van der Waals surface area contributed by atoms with Crippen LogP contribution in [0.4, 0.5) is 5.69 Å². The van der Waals surface area contributed by atoms with Crippen LogP contribution in [0.5, 0.6) is 0 Å². The molecule has 2 aromatic heterocycles. The lowest BCUT2D eigenvalue weighted by Crippen LogP contribution is -2.18. The summed E-state index contributed by atoms with van der Waals surface area (Å²) >= 11 is 0. The summed E-state index contributed by atoms with van der Waals surface area (Å²) in [5, 5.41) is 20.7. The SMILES string of the molecule is CC1C[C@@H](n2ccc3c([N+](=O)[O-])ccnc32)OC1CO. The summed E-state index contributed by atoms with van der Waals surface area (Å²) in [6, 6.07) is 3.07. The Morgan fingerprint density at radius 1 is 1.60 bits per heavy atom. The van der Waals surface area contributed by atoms with E-state index in [1.54, 1.807) is 16.8 Å². The Kier molecular flexibility index (Phi) is 3.15. The fourth-order valence-electron chi connectivity index (χ4n) is 2.70. The predicted octanol–water partition coefficient (Wildman–Crippen LogP) is 1.86. The number of pyridine rings is 1. The highest BCUT2D eigenvalue weighted by atomic mass is 16.6. The van der Waals surface area contributed by atoms with Gasteiger partial charge in [-0.1, -0.05) is 6.92 Å². The molecule has 1 aliphatic rings. The van der Waals surface area contributed by atoms with Crippen molar-refractivity contribution in [1.29, 1.82) is 0 Å². The summed E-state index contributed by atoms with van der Waals surface area (Å²) < 4.78 is 7.58. The molecule has 0 amide bonds. The van der Waals surface area contributed by atoms with E-state index < -0.39 is 4.92 Å². The van der Waals surface area contributed by atoms with Crippen LogP contribution in [-0.2, 0) is 4.74 Å². The molecule has 0 bridgehead atoms. The smallest absolute Gasteiger partial charge is 0.281 e. The van der Waals surface area contributed by atoms with Crippen molar-refractivity contribution in [3.05, 3.63) is 34.6 Å². The quantitative estimate of drug-likeness (QED) is 0.683. The largest absolute Gasteiger partial charge is 0.394 e. The maximum atomic E-state index is 11.0. The Balaban J connectivity index is 2.02. The van der Waals surface area contributed by atoms with Gasteiger partial charge in [0.05, 0.1) is 23.0 Å². The molecule has 3 heterocycles. The second kappa shape index (κ2) is 4.84. The van der Waals surface area contributed by atoms with Crippen molar-refractivity contribution in [2.24, 2.45) is 5.92 Å². The molecule has 0 aliphatic carbocycles. The monoisotopic (exact) mass is 277 g/mol. The van der Waals surface area contributed by atoms with Crippen LogP contribution in [0.2, 0.25) is 0 Å². The van der Waals surface area contributed by atoms with Gasteiger partial charge in [0.1, 0.15) is 11.9 Å². The molecule has 0 aromatic carbocycles. The zero-order valence-electron chi connectivity index (χ0n) is 11.0. The summed E-state index contributed by atoms with van der Waals surface area (Å²) in [6.07, 6.45) is 3.49. The number of nitrogens with zero attached hydrogens (tertiary/aromatic N) is 3. The molecule has 3 rings (SSSR count). The Bertz CT molecular complexity index is 654. The molecule has 1 aliphatic heterocycles. The van der Waals surface area contributed by atoms with Gasteiger partial charge in [-0.25, -0.2) is 4.98 Å². The first-order valence-corrected chi connectivity index (χ1v) is 6.48. The summed E-state index contributed by atoms with van der Waals surface area (Å²) in [6.45, 7) is 1.99. The molecule has 0 saturated carbocycles. The molecule has 106 valence electrons. The number of ether oxygens (including phenoxy) is 1. The first-order valence-electron chi connectivity index (χ1n) is 6.48. The number of aliphatic hydroxyl groups is 1. The van der Waals surface area contributed by atoms with Gasteiger partial charge in [-0.2, -0.15) is 0 Å². The lowest BCUT2D eigenvalue weighted by molar-refractivity contribution is -0.383. The number of aromatic nitrogens is 2. The van der Waals surface area contributed by atoms with E-state index >= 15 is 0 Å². The van der Waals surface area contributed by atoms with Gasteiger partial charge in [0.2, 0.25) is 0 Å². The minimum absolute atomic E-state index is 0.0234. The topological polar surface area (TPSA) is 90.4 Å². The standard InChI is InChI=1S/C13H15N3O4/c1-8-6-12(20-11(8)7-17)15-5-3-9-10(16(18)19)2-4-14-13(9)15/h2-5,8,11-12,17H,6-7H2,1H3/t8?,11?,12-/m0/s1. The van der Waals surface area contributed by atoms with Crippen molar-refractivity contribution in [3.63, 3.8) is 0 Å². The van der Waals surface area contributed by atoms with E-state index in [-0.39, 0.29) is 30.5 Å². The fraction of sp³-hybridized carbons (Fsp3) is 0.462. The number of fused-ring (bicyclic) bond motifs is 1. The van der Waals surface area contributed by atoms with Gasteiger partial charge in [0.25, 0.3) is 5.69 Å².